The van der Waals surface area contributed by atoms with Gasteiger partial charge in [-0.2, -0.15) is 21.6 Å². The summed E-state index contributed by atoms with van der Waals surface area (Å²) >= 11 is 0.920. The molecule has 1 saturated heterocycles. The summed E-state index contributed by atoms with van der Waals surface area (Å²) < 4.78 is 69.9. The van der Waals surface area contributed by atoms with Crippen LogP contribution in [0.3, 0.4) is 0 Å². The maximum atomic E-state index is 13.2. The van der Waals surface area contributed by atoms with E-state index in [1.807, 2.05) is 0 Å². The molecule has 1 fully saturated rings. The number of likely N-dealkylation sites (tertiary alicyclic amines) is 1. The lowest BCUT2D eigenvalue weighted by Crippen LogP contribution is -2.29. The van der Waals surface area contributed by atoms with Crippen molar-refractivity contribution in [2.24, 2.45) is 0 Å². The summed E-state index contributed by atoms with van der Waals surface area (Å²) in [4.78, 5) is 13.7. The van der Waals surface area contributed by atoms with Gasteiger partial charge in [-0.05, 0) is 49.0 Å². The zero-order chi connectivity index (χ0) is 21.5. The van der Waals surface area contributed by atoms with Gasteiger partial charge in [0.25, 0.3) is 10.0 Å². The summed E-state index contributed by atoms with van der Waals surface area (Å²) in [5.41, 5.74) is 0.906. The summed E-state index contributed by atoms with van der Waals surface area (Å²) in [6, 6.07) is 8.97. The summed E-state index contributed by atoms with van der Waals surface area (Å²) in [5.74, 6) is -3.16. The molecule has 0 N–H and O–H groups in total. The van der Waals surface area contributed by atoms with E-state index in [-0.39, 0.29) is 9.73 Å². The molecule has 0 spiro atoms. The lowest BCUT2D eigenvalue weighted by atomic mass is 10.1. The third-order valence-electron chi connectivity index (χ3n) is 4.87. The van der Waals surface area contributed by atoms with E-state index in [9.17, 15) is 26.4 Å². The SMILES string of the molecule is O=C(Oc1cc2c(CN3CCCC3)cccc2n1S(=O)(=O)c1cccs1)C(F)(F)F. The summed E-state index contributed by atoms with van der Waals surface area (Å²) in [5, 5.41) is 1.97. The zero-order valence-corrected chi connectivity index (χ0v) is 17.2. The van der Waals surface area contributed by atoms with Gasteiger partial charge < -0.3 is 4.74 Å². The van der Waals surface area contributed by atoms with Crippen molar-refractivity contribution in [3.05, 3.63) is 47.3 Å². The first-order valence-corrected chi connectivity index (χ1v) is 11.4. The molecule has 30 heavy (non-hydrogen) atoms. The van der Waals surface area contributed by atoms with Gasteiger partial charge in [0.2, 0.25) is 5.88 Å². The van der Waals surface area contributed by atoms with Crippen LogP contribution in [0.25, 0.3) is 10.9 Å². The fourth-order valence-corrected chi connectivity index (χ4v) is 6.04. The van der Waals surface area contributed by atoms with Crippen LogP contribution in [-0.2, 0) is 21.4 Å². The number of alkyl halides is 3. The second-order valence-electron chi connectivity index (χ2n) is 6.90. The third kappa shape index (κ3) is 3.84. The Morgan fingerprint density at radius 1 is 1.13 bits per heavy atom. The van der Waals surface area contributed by atoms with Crippen molar-refractivity contribution in [1.82, 2.24) is 8.87 Å². The molecule has 0 atom stereocenters. The van der Waals surface area contributed by atoms with Gasteiger partial charge >= 0.3 is 12.1 Å². The Kier molecular flexibility index (Phi) is 5.37. The van der Waals surface area contributed by atoms with Crippen molar-refractivity contribution < 1.29 is 31.1 Å². The molecular weight excluding hydrogens is 441 g/mol. The molecule has 1 aromatic carbocycles. The second kappa shape index (κ2) is 7.71. The number of thiophene rings is 1. The van der Waals surface area contributed by atoms with Gasteiger partial charge in [-0.25, -0.2) is 8.77 Å². The van der Waals surface area contributed by atoms with Gasteiger partial charge in [-0.15, -0.1) is 11.3 Å². The van der Waals surface area contributed by atoms with Crippen LogP contribution in [0.1, 0.15) is 18.4 Å². The first kappa shape index (κ1) is 20.9. The van der Waals surface area contributed by atoms with Crippen LogP contribution < -0.4 is 4.74 Å². The molecule has 160 valence electrons. The predicted octanol–water partition coefficient (Wildman–Crippen LogP) is 4.00. The van der Waals surface area contributed by atoms with E-state index < -0.39 is 28.0 Å². The molecular formula is C19H17F3N2O4S2. The molecule has 4 rings (SSSR count). The number of ether oxygens (including phenoxy) is 1. The lowest BCUT2D eigenvalue weighted by Gasteiger charge is -2.15. The van der Waals surface area contributed by atoms with Crippen molar-refractivity contribution in [1.29, 1.82) is 0 Å². The number of hydrogen-bond donors (Lipinski definition) is 0. The smallest absolute Gasteiger partial charge is 0.402 e. The van der Waals surface area contributed by atoms with Gasteiger partial charge in [0.1, 0.15) is 4.21 Å². The Balaban J connectivity index is 1.88. The highest BCUT2D eigenvalue weighted by molar-refractivity contribution is 7.92. The fourth-order valence-electron chi connectivity index (χ4n) is 3.54. The van der Waals surface area contributed by atoms with Crippen molar-refractivity contribution in [3.8, 4) is 5.88 Å². The molecule has 0 radical (unpaired) electrons. The number of nitrogens with zero attached hydrogens (tertiary/aromatic N) is 2. The number of fused-ring (bicyclic) bond motifs is 1. The third-order valence-corrected chi connectivity index (χ3v) is 7.96. The van der Waals surface area contributed by atoms with Crippen LogP contribution in [0.4, 0.5) is 13.2 Å². The average molecular weight is 458 g/mol. The zero-order valence-electron chi connectivity index (χ0n) is 15.6. The van der Waals surface area contributed by atoms with Crippen molar-refractivity contribution >= 4 is 38.2 Å². The van der Waals surface area contributed by atoms with Gasteiger partial charge in [-0.3, -0.25) is 4.90 Å². The molecule has 1 aliphatic heterocycles. The van der Waals surface area contributed by atoms with Crippen LogP contribution in [0, 0.1) is 0 Å². The van der Waals surface area contributed by atoms with Crippen LogP contribution in [0.5, 0.6) is 5.88 Å². The summed E-state index contributed by atoms with van der Waals surface area (Å²) in [7, 11) is -4.27. The number of halogens is 3. The quantitative estimate of drug-likeness (QED) is 0.541. The van der Waals surface area contributed by atoms with E-state index in [0.717, 1.165) is 42.8 Å². The van der Waals surface area contributed by atoms with Crippen LogP contribution in [0.2, 0.25) is 0 Å². The van der Waals surface area contributed by atoms with Gasteiger partial charge in [-0.1, -0.05) is 18.2 Å². The van der Waals surface area contributed by atoms with E-state index >= 15 is 0 Å². The molecule has 0 amide bonds. The van der Waals surface area contributed by atoms with E-state index in [2.05, 4.69) is 9.64 Å². The minimum Gasteiger partial charge on any atom is -0.402 e. The molecule has 0 bridgehead atoms. The lowest BCUT2D eigenvalue weighted by molar-refractivity contribution is -0.190. The number of rotatable bonds is 5. The first-order chi connectivity index (χ1) is 14.2. The topological polar surface area (TPSA) is 68.6 Å². The van der Waals surface area contributed by atoms with E-state index in [1.165, 1.54) is 24.3 Å². The molecule has 6 nitrogen and oxygen atoms in total. The Labute approximate surface area is 174 Å². The van der Waals surface area contributed by atoms with Gasteiger partial charge in [0, 0.05) is 18.0 Å². The molecule has 0 unspecified atom stereocenters. The van der Waals surface area contributed by atoms with Crippen LogP contribution >= 0.6 is 11.3 Å². The molecule has 2 aromatic heterocycles. The maximum Gasteiger partial charge on any atom is 0.491 e. The number of hydrogen-bond acceptors (Lipinski definition) is 6. The molecule has 0 aliphatic carbocycles. The van der Waals surface area contributed by atoms with Crippen molar-refractivity contribution in [3.63, 3.8) is 0 Å². The van der Waals surface area contributed by atoms with Gasteiger partial charge in [0.05, 0.1) is 5.52 Å². The van der Waals surface area contributed by atoms with Crippen molar-refractivity contribution in [2.75, 3.05) is 13.1 Å². The maximum absolute atomic E-state index is 13.2. The number of carbonyl (C=O) groups excluding carboxylic acids is 1. The number of esters is 1. The molecule has 3 aromatic rings. The van der Waals surface area contributed by atoms with Crippen LogP contribution in [0.15, 0.2) is 46.0 Å². The molecule has 3 heterocycles. The molecule has 0 saturated carbocycles. The highest BCUT2D eigenvalue weighted by Gasteiger charge is 2.42. The van der Waals surface area contributed by atoms with Gasteiger partial charge in [0.15, 0.2) is 0 Å². The summed E-state index contributed by atoms with van der Waals surface area (Å²) in [6.07, 6.45) is -3.15. The number of benzene rings is 1. The summed E-state index contributed by atoms with van der Waals surface area (Å²) in [6.45, 7) is 2.30. The molecule has 1 aliphatic rings. The second-order valence-corrected chi connectivity index (χ2v) is 9.87. The Hall–Kier alpha value is -2.37. The normalized spacial score (nSPS) is 15.7. The van der Waals surface area contributed by atoms with E-state index in [4.69, 9.17) is 0 Å². The van der Waals surface area contributed by atoms with E-state index in [1.54, 1.807) is 17.5 Å². The molecule has 11 heteroatoms. The standard InChI is InChI=1S/C19H17F3N2O4S2/c20-19(21,22)18(25)28-16-11-14-13(12-23-8-1-2-9-23)5-3-6-15(14)24(16)30(26,27)17-7-4-10-29-17/h3-7,10-11H,1-2,8-9,12H2. The van der Waals surface area contributed by atoms with Crippen molar-refractivity contribution in [2.45, 2.75) is 29.8 Å². The highest BCUT2D eigenvalue weighted by atomic mass is 32.2. The Bertz CT molecular complexity index is 1180. The Morgan fingerprint density at radius 2 is 1.87 bits per heavy atom. The van der Waals surface area contributed by atoms with E-state index in [0.29, 0.717) is 15.9 Å². The monoisotopic (exact) mass is 458 g/mol. The minimum atomic E-state index is -5.26. The number of aromatic nitrogens is 1. The van der Waals surface area contributed by atoms with Crippen LogP contribution in [-0.4, -0.2) is 42.5 Å². The first-order valence-electron chi connectivity index (χ1n) is 9.12. The average Bonchev–Trinajstić information content (AvgIpc) is 3.42. The fraction of sp³-hybridized carbons (Fsp3) is 0.316. The minimum absolute atomic E-state index is 0.0748. The Morgan fingerprint density at radius 3 is 2.50 bits per heavy atom. The largest absolute Gasteiger partial charge is 0.491 e. The predicted molar refractivity (Wildman–Crippen MR) is 105 cm³/mol. The highest BCUT2D eigenvalue weighted by Crippen LogP contribution is 2.35. The number of carbonyl (C=O) groups is 1.